The molecule has 2 aliphatic heterocycles. The number of thiophene rings is 1. The Morgan fingerprint density at radius 1 is 1.10 bits per heavy atom. The molecule has 0 unspecified atom stereocenters. The summed E-state index contributed by atoms with van der Waals surface area (Å²) in [4.78, 5) is 41.1. The van der Waals surface area contributed by atoms with E-state index in [1.807, 2.05) is 11.4 Å². The van der Waals surface area contributed by atoms with Gasteiger partial charge in [-0.05, 0) is 23.6 Å². The number of quaternary nitrogens is 1. The summed E-state index contributed by atoms with van der Waals surface area (Å²) in [5, 5.41) is 5.05. The first-order valence-corrected chi connectivity index (χ1v) is 10.7. The summed E-state index contributed by atoms with van der Waals surface area (Å²) >= 11 is 1.69. The Labute approximate surface area is 173 Å². The van der Waals surface area contributed by atoms with Crippen molar-refractivity contribution in [2.75, 3.05) is 39.4 Å². The van der Waals surface area contributed by atoms with Gasteiger partial charge in [0.05, 0.1) is 35.8 Å². The van der Waals surface area contributed by atoms with E-state index in [1.54, 1.807) is 35.6 Å². The summed E-state index contributed by atoms with van der Waals surface area (Å²) in [6.45, 7) is 3.89. The smallest absolute Gasteiger partial charge is 0.261 e. The zero-order valence-electron chi connectivity index (χ0n) is 16.1. The van der Waals surface area contributed by atoms with E-state index in [2.05, 4.69) is 11.4 Å². The van der Waals surface area contributed by atoms with Crippen LogP contribution in [0.1, 0.15) is 38.1 Å². The normalized spacial score (nSPS) is 18.0. The molecule has 2 aliphatic rings. The van der Waals surface area contributed by atoms with Crippen LogP contribution in [0.4, 0.5) is 0 Å². The van der Waals surface area contributed by atoms with Gasteiger partial charge in [0, 0.05) is 13.0 Å². The lowest BCUT2D eigenvalue weighted by molar-refractivity contribution is -0.937. The number of imide groups is 1. The topological polar surface area (TPSA) is 80.2 Å². The van der Waals surface area contributed by atoms with Crippen LogP contribution in [-0.4, -0.2) is 62.0 Å². The van der Waals surface area contributed by atoms with Gasteiger partial charge in [-0.2, -0.15) is 0 Å². The van der Waals surface area contributed by atoms with Gasteiger partial charge in [0.2, 0.25) is 5.91 Å². The molecule has 1 saturated heterocycles. The van der Waals surface area contributed by atoms with Gasteiger partial charge in [0.15, 0.2) is 0 Å². The molecule has 8 heteroatoms. The number of morpholine rings is 1. The number of fused-ring (bicyclic) bond motifs is 1. The standard InChI is InChI=1S/C21H23N3O4S/c25-19(7-8-24-20(26)15-4-1-2-5-16(15)21(24)27)22-14-17(18-6-3-13-29-18)23-9-11-28-12-10-23/h1-6,13,17H,7-12,14H2,(H,22,25)/p+1/t17-/m0/s1. The van der Waals surface area contributed by atoms with Crippen molar-refractivity contribution in [1.82, 2.24) is 10.2 Å². The largest absolute Gasteiger partial charge is 0.370 e. The van der Waals surface area contributed by atoms with Gasteiger partial charge in [0.1, 0.15) is 19.1 Å². The highest BCUT2D eigenvalue weighted by Crippen LogP contribution is 2.22. The zero-order valence-corrected chi connectivity index (χ0v) is 16.9. The molecule has 0 aliphatic carbocycles. The van der Waals surface area contributed by atoms with Crippen molar-refractivity contribution in [3.8, 4) is 0 Å². The van der Waals surface area contributed by atoms with Crippen LogP contribution in [0.2, 0.25) is 0 Å². The van der Waals surface area contributed by atoms with E-state index in [0.29, 0.717) is 17.7 Å². The average Bonchev–Trinajstić information content (AvgIpc) is 3.36. The van der Waals surface area contributed by atoms with Gasteiger partial charge in [-0.3, -0.25) is 19.3 Å². The van der Waals surface area contributed by atoms with Crippen LogP contribution in [-0.2, 0) is 9.53 Å². The second-order valence-electron chi connectivity index (χ2n) is 7.20. The van der Waals surface area contributed by atoms with Gasteiger partial charge < -0.3 is 15.0 Å². The molecule has 7 nitrogen and oxygen atoms in total. The molecule has 29 heavy (non-hydrogen) atoms. The van der Waals surface area contributed by atoms with Crippen LogP contribution in [0.15, 0.2) is 41.8 Å². The van der Waals surface area contributed by atoms with Crippen LogP contribution < -0.4 is 10.2 Å². The molecule has 0 bridgehead atoms. The second-order valence-corrected chi connectivity index (χ2v) is 8.18. The number of amides is 3. The Balaban J connectivity index is 1.32. The molecule has 2 N–H and O–H groups in total. The van der Waals surface area contributed by atoms with Crippen molar-refractivity contribution in [3.05, 3.63) is 57.8 Å². The molecular formula is C21H24N3O4S+. The Bertz CT molecular complexity index is 858. The van der Waals surface area contributed by atoms with Crippen LogP contribution in [0, 0.1) is 0 Å². The minimum atomic E-state index is -0.326. The zero-order chi connectivity index (χ0) is 20.2. The lowest BCUT2D eigenvalue weighted by Crippen LogP contribution is -3.15. The Morgan fingerprint density at radius 2 is 1.79 bits per heavy atom. The fourth-order valence-corrected chi connectivity index (χ4v) is 4.76. The molecule has 3 amide bonds. The van der Waals surface area contributed by atoms with Gasteiger partial charge in [-0.15, -0.1) is 11.3 Å². The first-order chi connectivity index (χ1) is 14.1. The van der Waals surface area contributed by atoms with Crippen LogP contribution in [0.5, 0.6) is 0 Å². The highest BCUT2D eigenvalue weighted by molar-refractivity contribution is 7.10. The van der Waals surface area contributed by atoms with E-state index in [1.165, 1.54) is 9.78 Å². The van der Waals surface area contributed by atoms with E-state index in [0.717, 1.165) is 31.2 Å². The SMILES string of the molecule is O=C(CCN1C(=O)c2ccccc2C1=O)NC[C@@H](c1cccs1)[NH+]1CCOCC1. The number of rotatable bonds is 7. The summed E-state index contributed by atoms with van der Waals surface area (Å²) in [5.41, 5.74) is 0.818. The molecule has 0 radical (unpaired) electrons. The number of benzene rings is 1. The lowest BCUT2D eigenvalue weighted by Gasteiger charge is -2.31. The molecule has 1 atom stereocenters. The van der Waals surface area contributed by atoms with Gasteiger partial charge in [-0.1, -0.05) is 18.2 Å². The van der Waals surface area contributed by atoms with Gasteiger partial charge in [-0.25, -0.2) is 0 Å². The molecule has 152 valence electrons. The fourth-order valence-electron chi connectivity index (χ4n) is 3.88. The summed E-state index contributed by atoms with van der Waals surface area (Å²) in [7, 11) is 0. The maximum Gasteiger partial charge on any atom is 0.261 e. The van der Waals surface area contributed by atoms with Gasteiger partial charge in [0.25, 0.3) is 11.8 Å². The minimum absolute atomic E-state index is 0.0895. The molecular weight excluding hydrogens is 390 g/mol. The Morgan fingerprint density at radius 3 is 2.41 bits per heavy atom. The van der Waals surface area contributed by atoms with Gasteiger partial charge >= 0.3 is 0 Å². The number of nitrogens with zero attached hydrogens (tertiary/aromatic N) is 1. The van der Waals surface area contributed by atoms with E-state index < -0.39 is 0 Å². The molecule has 4 rings (SSSR count). The highest BCUT2D eigenvalue weighted by Gasteiger charge is 2.35. The third kappa shape index (κ3) is 4.24. The van der Waals surface area contributed by atoms with Crippen molar-refractivity contribution < 1.29 is 24.0 Å². The van der Waals surface area contributed by atoms with Crippen molar-refractivity contribution >= 4 is 29.1 Å². The van der Waals surface area contributed by atoms with Crippen molar-refractivity contribution in [2.45, 2.75) is 12.5 Å². The maximum atomic E-state index is 12.5. The summed E-state index contributed by atoms with van der Waals surface area (Å²) in [6.07, 6.45) is 0.0983. The van der Waals surface area contributed by atoms with Crippen LogP contribution in [0.3, 0.4) is 0 Å². The predicted octanol–water partition coefficient (Wildman–Crippen LogP) is 0.507. The number of hydrogen-bond donors (Lipinski definition) is 2. The third-order valence-corrected chi connectivity index (χ3v) is 6.44. The molecule has 1 aromatic heterocycles. The Hall–Kier alpha value is -2.55. The van der Waals surface area contributed by atoms with Crippen LogP contribution >= 0.6 is 11.3 Å². The second kappa shape index (κ2) is 8.86. The molecule has 1 aromatic carbocycles. The third-order valence-electron chi connectivity index (χ3n) is 5.46. The quantitative estimate of drug-likeness (QED) is 0.647. The number of carbonyl (C=O) groups is 3. The summed E-state index contributed by atoms with van der Waals surface area (Å²) in [5.74, 6) is -0.809. The summed E-state index contributed by atoms with van der Waals surface area (Å²) in [6, 6.07) is 11.1. The van der Waals surface area contributed by atoms with Crippen molar-refractivity contribution in [2.24, 2.45) is 0 Å². The lowest BCUT2D eigenvalue weighted by atomic mass is 10.1. The van der Waals surface area contributed by atoms with E-state index in [4.69, 9.17) is 4.74 Å². The fraction of sp³-hybridized carbons (Fsp3) is 0.381. The van der Waals surface area contributed by atoms with Crippen molar-refractivity contribution in [1.29, 1.82) is 0 Å². The molecule has 2 aromatic rings. The minimum Gasteiger partial charge on any atom is -0.370 e. The van der Waals surface area contributed by atoms with E-state index in [-0.39, 0.29) is 36.7 Å². The maximum absolute atomic E-state index is 12.5. The molecule has 1 fully saturated rings. The first-order valence-electron chi connectivity index (χ1n) is 9.83. The van der Waals surface area contributed by atoms with Crippen molar-refractivity contribution in [3.63, 3.8) is 0 Å². The predicted molar refractivity (Wildman–Crippen MR) is 108 cm³/mol. The number of hydrogen-bond acceptors (Lipinski definition) is 5. The van der Waals surface area contributed by atoms with E-state index >= 15 is 0 Å². The number of nitrogens with one attached hydrogen (secondary N) is 2. The van der Waals surface area contributed by atoms with E-state index in [9.17, 15) is 14.4 Å². The van der Waals surface area contributed by atoms with Crippen LogP contribution in [0.25, 0.3) is 0 Å². The number of ether oxygens (including phenoxy) is 1. The highest BCUT2D eigenvalue weighted by atomic mass is 32.1. The monoisotopic (exact) mass is 414 g/mol. The summed E-state index contributed by atoms with van der Waals surface area (Å²) < 4.78 is 5.46. The molecule has 0 saturated carbocycles. The number of carbonyl (C=O) groups excluding carboxylic acids is 3. The Kier molecular flexibility index (Phi) is 6.03. The first kappa shape index (κ1) is 19.8. The molecule has 0 spiro atoms. The molecule has 3 heterocycles. The average molecular weight is 415 g/mol.